The number of carbonyl (C=O) groups is 1. The molecular weight excluding hydrogens is 655 g/mol. The second-order valence-corrected chi connectivity index (χ2v) is 17.0. The van der Waals surface area contributed by atoms with Crippen LogP contribution in [0.5, 0.6) is 0 Å². The number of aliphatic hydroxyl groups excluding tert-OH is 3. The van der Waals surface area contributed by atoms with E-state index in [1.54, 1.807) is 0 Å². The van der Waals surface area contributed by atoms with Gasteiger partial charge in [-0.25, -0.2) is 0 Å². The van der Waals surface area contributed by atoms with E-state index in [2.05, 4.69) is 19.2 Å². The minimum atomic E-state index is -1.13. The van der Waals surface area contributed by atoms with Gasteiger partial charge in [0.05, 0.1) is 18.8 Å². The third-order valence-electron chi connectivity index (χ3n) is 11.7. The van der Waals surface area contributed by atoms with Crippen molar-refractivity contribution in [3.63, 3.8) is 0 Å². The van der Waals surface area contributed by atoms with Gasteiger partial charge in [0.1, 0.15) is 6.10 Å². The standard InChI is InChI=1S/C48H97NO4/c1-3-5-7-9-11-13-15-16-17-18-19-20-21-22-23-24-25-26-27-28-29-30-31-33-35-37-39-41-43-47(52)49-45(44-50)48(53)46(51)42-40-38-36-34-32-14-12-10-8-6-4-2/h45-46,48,50-51,53H,3-44H2,1-2H3,(H,49,52)/t45-,46+,48-/m0/s1. The van der Waals surface area contributed by atoms with Crippen LogP contribution < -0.4 is 5.32 Å². The first-order chi connectivity index (χ1) is 26.1. The maximum absolute atomic E-state index is 12.4. The van der Waals surface area contributed by atoms with Crippen LogP contribution in [0.3, 0.4) is 0 Å². The molecule has 0 bridgehead atoms. The second kappa shape index (κ2) is 44.1. The lowest BCUT2D eigenvalue weighted by atomic mass is 9.99. The third-order valence-corrected chi connectivity index (χ3v) is 11.7. The zero-order valence-corrected chi connectivity index (χ0v) is 36.2. The lowest BCUT2D eigenvalue weighted by molar-refractivity contribution is -0.124. The summed E-state index contributed by atoms with van der Waals surface area (Å²) in [5.41, 5.74) is 0. The van der Waals surface area contributed by atoms with Gasteiger partial charge in [-0.3, -0.25) is 4.79 Å². The van der Waals surface area contributed by atoms with Crippen molar-refractivity contribution in [1.29, 1.82) is 0 Å². The number of hydrogen-bond donors (Lipinski definition) is 4. The van der Waals surface area contributed by atoms with Crippen molar-refractivity contribution in [3.05, 3.63) is 0 Å². The molecule has 0 heterocycles. The van der Waals surface area contributed by atoms with Gasteiger partial charge in [-0.1, -0.05) is 258 Å². The summed E-state index contributed by atoms with van der Waals surface area (Å²) in [6.45, 7) is 4.19. The molecule has 5 heteroatoms. The van der Waals surface area contributed by atoms with Gasteiger partial charge >= 0.3 is 0 Å². The van der Waals surface area contributed by atoms with Crippen molar-refractivity contribution in [1.82, 2.24) is 5.32 Å². The lowest BCUT2D eigenvalue weighted by Crippen LogP contribution is -2.50. The summed E-state index contributed by atoms with van der Waals surface area (Å²) in [5, 5.41) is 33.5. The van der Waals surface area contributed by atoms with Crippen LogP contribution in [-0.4, -0.2) is 46.1 Å². The zero-order valence-electron chi connectivity index (χ0n) is 36.2. The number of nitrogens with one attached hydrogen (secondary N) is 1. The van der Waals surface area contributed by atoms with Gasteiger partial charge in [0.15, 0.2) is 0 Å². The predicted octanol–water partition coefficient (Wildman–Crippen LogP) is 14.2. The van der Waals surface area contributed by atoms with Gasteiger partial charge in [-0.05, 0) is 12.8 Å². The van der Waals surface area contributed by atoms with Crippen LogP contribution in [0, 0.1) is 0 Å². The average molecular weight is 752 g/mol. The van der Waals surface area contributed by atoms with Gasteiger partial charge in [0, 0.05) is 6.42 Å². The molecule has 1 amide bonds. The van der Waals surface area contributed by atoms with Crippen molar-refractivity contribution in [3.8, 4) is 0 Å². The van der Waals surface area contributed by atoms with Crippen LogP contribution in [0.1, 0.15) is 277 Å². The molecule has 0 aliphatic heterocycles. The quantitative estimate of drug-likeness (QED) is 0.0466. The Balaban J connectivity index is 3.46. The van der Waals surface area contributed by atoms with Crippen LogP contribution >= 0.6 is 0 Å². The highest BCUT2D eigenvalue weighted by molar-refractivity contribution is 5.76. The minimum Gasteiger partial charge on any atom is -0.394 e. The van der Waals surface area contributed by atoms with E-state index >= 15 is 0 Å². The van der Waals surface area contributed by atoms with Gasteiger partial charge in [-0.2, -0.15) is 0 Å². The fourth-order valence-electron chi connectivity index (χ4n) is 7.93. The number of aliphatic hydroxyl groups is 3. The molecule has 0 fully saturated rings. The maximum atomic E-state index is 12.4. The summed E-state index contributed by atoms with van der Waals surface area (Å²) in [6.07, 6.45) is 51.0. The Labute approximate surface area is 332 Å². The molecule has 0 spiro atoms. The van der Waals surface area contributed by atoms with E-state index in [1.165, 1.54) is 212 Å². The Hall–Kier alpha value is -0.650. The smallest absolute Gasteiger partial charge is 0.220 e. The highest BCUT2D eigenvalue weighted by Crippen LogP contribution is 2.18. The van der Waals surface area contributed by atoms with Crippen molar-refractivity contribution >= 4 is 5.91 Å². The molecule has 0 radical (unpaired) electrons. The van der Waals surface area contributed by atoms with Crippen LogP contribution in [0.2, 0.25) is 0 Å². The van der Waals surface area contributed by atoms with Crippen molar-refractivity contribution in [2.75, 3.05) is 6.61 Å². The topological polar surface area (TPSA) is 89.8 Å². The van der Waals surface area contributed by atoms with E-state index in [4.69, 9.17) is 0 Å². The Kier molecular flexibility index (Phi) is 43.5. The van der Waals surface area contributed by atoms with Crippen LogP contribution in [-0.2, 0) is 4.79 Å². The summed E-state index contributed by atoms with van der Waals surface area (Å²) in [6, 6.07) is -0.802. The van der Waals surface area contributed by atoms with Gasteiger partial charge in [0.25, 0.3) is 0 Å². The van der Waals surface area contributed by atoms with Crippen molar-refractivity contribution in [2.45, 2.75) is 295 Å². The highest BCUT2D eigenvalue weighted by Gasteiger charge is 2.26. The van der Waals surface area contributed by atoms with Crippen molar-refractivity contribution < 1.29 is 20.1 Å². The highest BCUT2D eigenvalue weighted by atomic mass is 16.3. The molecule has 53 heavy (non-hydrogen) atoms. The molecule has 0 aromatic rings. The SMILES string of the molecule is CCCCCCCCCCCCCCCCCCCCCCCCCCCCCCC(=O)N[C@@H](CO)[C@H](O)[C@H](O)CCCCCCCCCCCCC. The Morgan fingerprint density at radius 3 is 0.906 bits per heavy atom. The number of unbranched alkanes of at least 4 members (excludes halogenated alkanes) is 37. The molecule has 0 rings (SSSR count). The van der Waals surface area contributed by atoms with Crippen LogP contribution in [0.15, 0.2) is 0 Å². The van der Waals surface area contributed by atoms with Gasteiger partial charge < -0.3 is 20.6 Å². The first kappa shape index (κ1) is 52.3. The normalized spacial score (nSPS) is 13.4. The molecule has 0 saturated heterocycles. The van der Waals surface area contributed by atoms with E-state index in [0.717, 1.165) is 38.5 Å². The lowest BCUT2D eigenvalue weighted by Gasteiger charge is -2.26. The number of carbonyl (C=O) groups excluding carboxylic acids is 1. The summed E-state index contributed by atoms with van der Waals surface area (Å²) in [5.74, 6) is -0.139. The van der Waals surface area contributed by atoms with Gasteiger partial charge in [-0.15, -0.1) is 0 Å². The Morgan fingerprint density at radius 1 is 0.396 bits per heavy atom. The average Bonchev–Trinajstić information content (AvgIpc) is 3.16. The summed E-state index contributed by atoms with van der Waals surface area (Å²) < 4.78 is 0. The summed E-state index contributed by atoms with van der Waals surface area (Å²) >= 11 is 0. The zero-order chi connectivity index (χ0) is 38.7. The van der Waals surface area contributed by atoms with E-state index in [9.17, 15) is 20.1 Å². The fourth-order valence-corrected chi connectivity index (χ4v) is 7.93. The first-order valence-corrected chi connectivity index (χ1v) is 24.3. The largest absolute Gasteiger partial charge is 0.394 e. The first-order valence-electron chi connectivity index (χ1n) is 24.3. The van der Waals surface area contributed by atoms with Crippen LogP contribution in [0.4, 0.5) is 0 Å². The number of rotatable bonds is 45. The van der Waals surface area contributed by atoms with E-state index < -0.39 is 18.2 Å². The molecule has 3 atom stereocenters. The third kappa shape index (κ3) is 39.4. The second-order valence-electron chi connectivity index (χ2n) is 17.0. The van der Waals surface area contributed by atoms with Crippen LogP contribution in [0.25, 0.3) is 0 Å². The molecule has 0 aliphatic rings. The molecule has 5 nitrogen and oxygen atoms in total. The Morgan fingerprint density at radius 2 is 0.642 bits per heavy atom. The molecule has 4 N–H and O–H groups in total. The molecule has 0 aromatic carbocycles. The fraction of sp³-hybridized carbons (Fsp3) is 0.979. The van der Waals surface area contributed by atoms with E-state index in [0.29, 0.717) is 12.8 Å². The monoisotopic (exact) mass is 752 g/mol. The summed E-state index contributed by atoms with van der Waals surface area (Å²) in [7, 11) is 0. The van der Waals surface area contributed by atoms with Crippen molar-refractivity contribution in [2.24, 2.45) is 0 Å². The number of amides is 1. The Bertz CT molecular complexity index is 703. The van der Waals surface area contributed by atoms with E-state index in [-0.39, 0.29) is 12.5 Å². The predicted molar refractivity (Wildman–Crippen MR) is 232 cm³/mol. The summed E-state index contributed by atoms with van der Waals surface area (Å²) in [4.78, 5) is 12.4. The minimum absolute atomic E-state index is 0.139. The number of hydrogen-bond acceptors (Lipinski definition) is 4. The molecular formula is C48H97NO4. The van der Waals surface area contributed by atoms with Gasteiger partial charge in [0.2, 0.25) is 5.91 Å². The van der Waals surface area contributed by atoms with E-state index in [1.807, 2.05) is 0 Å². The molecule has 0 aliphatic carbocycles. The molecule has 0 saturated carbocycles. The maximum Gasteiger partial charge on any atom is 0.220 e. The molecule has 0 unspecified atom stereocenters. The molecule has 318 valence electrons. The molecule has 0 aromatic heterocycles.